The number of hydrogen-bond donors (Lipinski definition) is 1. The maximum Gasteiger partial charge on any atom is 0.412 e. The van der Waals surface area contributed by atoms with Crippen LogP contribution in [0.5, 0.6) is 0 Å². The van der Waals surface area contributed by atoms with Crippen LogP contribution in [0.4, 0.5) is 10.5 Å². The maximum absolute atomic E-state index is 12.3. The maximum atomic E-state index is 12.3. The Kier molecular flexibility index (Phi) is 7.25. The van der Waals surface area contributed by atoms with Crippen molar-refractivity contribution in [3.05, 3.63) is 29.8 Å². The molecule has 6 heteroatoms. The third kappa shape index (κ3) is 4.81. The molecule has 0 aliphatic rings. The summed E-state index contributed by atoms with van der Waals surface area (Å²) in [6.07, 6.45) is 0.995. The number of rotatable bonds is 8. The van der Waals surface area contributed by atoms with Gasteiger partial charge < -0.3 is 9.84 Å². The first-order chi connectivity index (χ1) is 11.0. The zero-order valence-electron chi connectivity index (χ0n) is 13.7. The number of carbonyl (C=O) groups is 3. The lowest BCUT2D eigenvalue weighted by molar-refractivity contribution is -0.120. The third-order valence-corrected chi connectivity index (χ3v) is 3.51. The van der Waals surface area contributed by atoms with Gasteiger partial charge in [0.15, 0.2) is 5.78 Å². The van der Waals surface area contributed by atoms with E-state index in [1.165, 1.54) is 31.4 Å². The highest BCUT2D eigenvalue weighted by Crippen LogP contribution is 2.22. The zero-order valence-corrected chi connectivity index (χ0v) is 13.7. The molecular weight excluding hydrogens is 298 g/mol. The van der Waals surface area contributed by atoms with E-state index in [-0.39, 0.29) is 5.78 Å². The van der Waals surface area contributed by atoms with E-state index in [9.17, 15) is 19.5 Å². The summed E-state index contributed by atoms with van der Waals surface area (Å²) in [4.78, 5) is 36.5. The van der Waals surface area contributed by atoms with Gasteiger partial charge in [0.1, 0.15) is 0 Å². The first kappa shape index (κ1) is 18.7. The minimum absolute atomic E-state index is 0.0891. The number of amides is 1. The molecule has 1 rings (SSSR count). The standard InChI is InChI=1S/C17H23NO5/c1-4-6-14(15(19)7-5-2)18(17(21)22)13-10-8-12(9-11-13)16(20)23-3/h8-11,14H,4-7H2,1-3H3,(H,21,22). The average Bonchev–Trinajstić information content (AvgIpc) is 2.54. The van der Waals surface area contributed by atoms with Crippen molar-refractivity contribution in [1.82, 2.24) is 0 Å². The monoisotopic (exact) mass is 321 g/mol. The van der Waals surface area contributed by atoms with Crippen LogP contribution in [0.1, 0.15) is 49.9 Å². The van der Waals surface area contributed by atoms with Gasteiger partial charge in [0.2, 0.25) is 0 Å². The summed E-state index contributed by atoms with van der Waals surface area (Å²) >= 11 is 0. The van der Waals surface area contributed by atoms with Gasteiger partial charge >= 0.3 is 12.1 Å². The highest BCUT2D eigenvalue weighted by atomic mass is 16.5. The van der Waals surface area contributed by atoms with Gasteiger partial charge in [0, 0.05) is 12.1 Å². The van der Waals surface area contributed by atoms with Gasteiger partial charge in [-0.1, -0.05) is 20.3 Å². The summed E-state index contributed by atoms with van der Waals surface area (Å²) in [6.45, 7) is 3.80. The summed E-state index contributed by atoms with van der Waals surface area (Å²) in [6, 6.07) is 5.31. The number of hydrogen-bond acceptors (Lipinski definition) is 4. The highest BCUT2D eigenvalue weighted by Gasteiger charge is 2.29. The lowest BCUT2D eigenvalue weighted by atomic mass is 10.0. The summed E-state index contributed by atoms with van der Waals surface area (Å²) < 4.78 is 4.62. The molecule has 126 valence electrons. The largest absolute Gasteiger partial charge is 0.465 e. The number of nitrogens with zero attached hydrogens (tertiary/aromatic N) is 1. The van der Waals surface area contributed by atoms with Crippen molar-refractivity contribution in [2.45, 2.75) is 45.6 Å². The number of Topliss-reactive ketones (excluding diaryl/α,β-unsaturated/α-hetero) is 1. The van der Waals surface area contributed by atoms with E-state index < -0.39 is 18.1 Å². The molecule has 0 bridgehead atoms. The fourth-order valence-corrected chi connectivity index (χ4v) is 2.42. The van der Waals surface area contributed by atoms with E-state index in [4.69, 9.17) is 0 Å². The molecule has 0 aliphatic carbocycles. The van der Waals surface area contributed by atoms with Crippen LogP contribution in [0.2, 0.25) is 0 Å². The number of anilines is 1. The highest BCUT2D eigenvalue weighted by molar-refractivity contribution is 5.98. The quantitative estimate of drug-likeness (QED) is 0.741. The Bertz CT molecular complexity index is 553. The van der Waals surface area contributed by atoms with Crippen molar-refractivity contribution in [2.75, 3.05) is 12.0 Å². The van der Waals surface area contributed by atoms with Crippen LogP contribution in [0.15, 0.2) is 24.3 Å². The van der Waals surface area contributed by atoms with E-state index in [0.717, 1.165) is 4.90 Å². The topological polar surface area (TPSA) is 83.9 Å². The smallest absolute Gasteiger partial charge is 0.412 e. The van der Waals surface area contributed by atoms with Gasteiger partial charge in [-0.25, -0.2) is 9.59 Å². The fraction of sp³-hybridized carbons (Fsp3) is 0.471. The molecule has 1 aromatic carbocycles. The molecule has 0 radical (unpaired) electrons. The Hall–Kier alpha value is -2.37. The van der Waals surface area contributed by atoms with E-state index in [2.05, 4.69) is 4.74 Å². The lowest BCUT2D eigenvalue weighted by Gasteiger charge is -2.28. The number of benzene rings is 1. The molecule has 1 N–H and O–H groups in total. The Morgan fingerprint density at radius 2 is 1.74 bits per heavy atom. The minimum Gasteiger partial charge on any atom is -0.465 e. The molecule has 0 saturated carbocycles. The number of carboxylic acid groups (broad SMARTS) is 1. The van der Waals surface area contributed by atoms with Crippen molar-refractivity contribution < 1.29 is 24.2 Å². The summed E-state index contributed by atoms with van der Waals surface area (Å²) in [5.41, 5.74) is 0.696. The Labute approximate surface area is 136 Å². The van der Waals surface area contributed by atoms with Crippen LogP contribution in [0.3, 0.4) is 0 Å². The molecule has 6 nitrogen and oxygen atoms in total. The van der Waals surface area contributed by atoms with Crippen molar-refractivity contribution in [3.63, 3.8) is 0 Å². The number of ether oxygens (including phenoxy) is 1. The molecular formula is C17H23NO5. The van der Waals surface area contributed by atoms with E-state index in [1.807, 2.05) is 13.8 Å². The molecule has 0 spiro atoms. The fourth-order valence-electron chi connectivity index (χ4n) is 2.42. The van der Waals surface area contributed by atoms with Crippen LogP contribution in [0.25, 0.3) is 0 Å². The van der Waals surface area contributed by atoms with E-state index >= 15 is 0 Å². The van der Waals surface area contributed by atoms with Crippen molar-refractivity contribution in [1.29, 1.82) is 0 Å². The van der Waals surface area contributed by atoms with Gasteiger partial charge in [-0.15, -0.1) is 0 Å². The Balaban J connectivity index is 3.15. The second kappa shape index (κ2) is 8.92. The van der Waals surface area contributed by atoms with Crippen LogP contribution in [-0.4, -0.2) is 36.1 Å². The van der Waals surface area contributed by atoms with Gasteiger partial charge in [0.05, 0.1) is 18.7 Å². The summed E-state index contributed by atoms with van der Waals surface area (Å²) in [5, 5.41) is 9.55. The van der Waals surface area contributed by atoms with Gasteiger partial charge in [-0.05, 0) is 37.1 Å². The molecule has 1 aromatic rings. The van der Waals surface area contributed by atoms with Crippen LogP contribution >= 0.6 is 0 Å². The molecule has 0 saturated heterocycles. The van der Waals surface area contributed by atoms with Gasteiger partial charge in [0.25, 0.3) is 0 Å². The molecule has 23 heavy (non-hydrogen) atoms. The summed E-state index contributed by atoms with van der Waals surface area (Å²) in [5.74, 6) is -0.584. The number of methoxy groups -OCH3 is 1. The molecule has 1 amide bonds. The third-order valence-electron chi connectivity index (χ3n) is 3.51. The molecule has 1 unspecified atom stereocenters. The van der Waals surface area contributed by atoms with Gasteiger partial charge in [-0.2, -0.15) is 0 Å². The van der Waals surface area contributed by atoms with Crippen LogP contribution in [0, 0.1) is 0 Å². The van der Waals surface area contributed by atoms with Crippen molar-refractivity contribution in [3.8, 4) is 0 Å². The molecule has 0 aromatic heterocycles. The molecule has 0 aliphatic heterocycles. The minimum atomic E-state index is -1.18. The average molecular weight is 321 g/mol. The normalized spacial score (nSPS) is 11.6. The number of carbonyl (C=O) groups excluding carboxylic acids is 2. The van der Waals surface area contributed by atoms with Crippen molar-refractivity contribution in [2.24, 2.45) is 0 Å². The lowest BCUT2D eigenvalue weighted by Crippen LogP contribution is -2.44. The van der Waals surface area contributed by atoms with Crippen molar-refractivity contribution >= 4 is 23.5 Å². The Morgan fingerprint density at radius 3 is 2.17 bits per heavy atom. The Morgan fingerprint density at radius 1 is 1.13 bits per heavy atom. The molecule has 0 heterocycles. The second-order valence-corrected chi connectivity index (χ2v) is 5.21. The van der Waals surface area contributed by atoms with Gasteiger partial charge in [-0.3, -0.25) is 9.69 Å². The number of esters is 1. The van der Waals surface area contributed by atoms with Crippen LogP contribution < -0.4 is 4.90 Å². The predicted molar refractivity (Wildman–Crippen MR) is 86.9 cm³/mol. The molecule has 0 fully saturated rings. The van der Waals surface area contributed by atoms with E-state index in [1.54, 1.807) is 0 Å². The molecule has 1 atom stereocenters. The zero-order chi connectivity index (χ0) is 17.4. The van der Waals surface area contributed by atoms with Crippen LogP contribution in [-0.2, 0) is 9.53 Å². The number of ketones is 1. The SMILES string of the molecule is CCCC(=O)C(CCC)N(C(=O)O)c1ccc(C(=O)OC)cc1. The second-order valence-electron chi connectivity index (χ2n) is 5.21. The van der Waals surface area contributed by atoms with E-state index in [0.29, 0.717) is 36.9 Å². The predicted octanol–water partition coefficient (Wildman–Crippen LogP) is 3.50. The first-order valence-corrected chi connectivity index (χ1v) is 7.69. The summed E-state index contributed by atoms with van der Waals surface area (Å²) in [7, 11) is 1.28. The first-order valence-electron chi connectivity index (χ1n) is 7.69.